The van der Waals surface area contributed by atoms with E-state index in [4.69, 9.17) is 9.72 Å². The van der Waals surface area contributed by atoms with Crippen molar-refractivity contribution in [2.24, 2.45) is 0 Å². The minimum atomic E-state index is -0.00697. The highest BCUT2D eigenvalue weighted by molar-refractivity contribution is 5.12. The Balaban J connectivity index is 1.87. The summed E-state index contributed by atoms with van der Waals surface area (Å²) in [5, 5.41) is 0. The molecular weight excluding hydrogens is 228 g/mol. The highest BCUT2D eigenvalue weighted by atomic mass is 16.5. The van der Waals surface area contributed by atoms with E-state index in [0.29, 0.717) is 12.5 Å². The summed E-state index contributed by atoms with van der Waals surface area (Å²) in [5.41, 5.74) is 0.990. The van der Waals surface area contributed by atoms with Crippen molar-refractivity contribution in [3.05, 3.63) is 27.9 Å². The lowest BCUT2D eigenvalue weighted by Gasteiger charge is -2.22. The molecule has 1 saturated carbocycles. The summed E-state index contributed by atoms with van der Waals surface area (Å²) in [6.07, 6.45) is 7.01. The van der Waals surface area contributed by atoms with Crippen molar-refractivity contribution in [2.75, 3.05) is 13.2 Å². The molecule has 1 aliphatic carbocycles. The molecular formula is C14H20N2O2. The van der Waals surface area contributed by atoms with E-state index in [2.05, 4.69) is 4.98 Å². The first-order chi connectivity index (χ1) is 8.83. The van der Waals surface area contributed by atoms with E-state index < -0.39 is 0 Å². The van der Waals surface area contributed by atoms with Crippen LogP contribution < -0.4 is 5.56 Å². The van der Waals surface area contributed by atoms with Crippen LogP contribution in [0.1, 0.15) is 61.9 Å². The fourth-order valence-electron chi connectivity index (χ4n) is 3.08. The van der Waals surface area contributed by atoms with Gasteiger partial charge in [0.1, 0.15) is 5.82 Å². The number of hydrogen-bond donors (Lipinski definition) is 1. The lowest BCUT2D eigenvalue weighted by Crippen LogP contribution is -2.22. The molecule has 1 atom stereocenters. The number of aromatic nitrogens is 2. The van der Waals surface area contributed by atoms with Crippen molar-refractivity contribution in [3.63, 3.8) is 0 Å². The first kappa shape index (κ1) is 11.9. The first-order valence-corrected chi connectivity index (χ1v) is 7.02. The van der Waals surface area contributed by atoms with Gasteiger partial charge in [-0.25, -0.2) is 4.98 Å². The molecule has 2 aliphatic rings. The van der Waals surface area contributed by atoms with Crippen molar-refractivity contribution in [1.82, 2.24) is 9.97 Å². The molecule has 3 rings (SSSR count). The molecule has 0 bridgehead atoms. The van der Waals surface area contributed by atoms with Crippen molar-refractivity contribution >= 4 is 0 Å². The van der Waals surface area contributed by atoms with Crippen LogP contribution in [-0.2, 0) is 4.74 Å². The number of hydrogen-bond acceptors (Lipinski definition) is 3. The van der Waals surface area contributed by atoms with Gasteiger partial charge in [-0.2, -0.15) is 0 Å². The fourth-order valence-corrected chi connectivity index (χ4v) is 3.08. The maximum Gasteiger partial charge on any atom is 0.251 e. The number of nitrogens with zero attached hydrogens (tertiary/aromatic N) is 1. The normalized spacial score (nSPS) is 25.4. The number of H-pyrrole nitrogens is 1. The third-order valence-electron chi connectivity index (χ3n) is 4.10. The zero-order chi connectivity index (χ0) is 12.4. The third kappa shape index (κ3) is 2.48. The minimum Gasteiger partial charge on any atom is -0.381 e. The van der Waals surface area contributed by atoms with Gasteiger partial charge in [0, 0.05) is 24.5 Å². The van der Waals surface area contributed by atoms with Crippen LogP contribution in [0.4, 0.5) is 0 Å². The van der Waals surface area contributed by atoms with Crippen LogP contribution >= 0.6 is 0 Å². The summed E-state index contributed by atoms with van der Waals surface area (Å²) in [7, 11) is 0. The monoisotopic (exact) mass is 248 g/mol. The number of rotatable bonds is 2. The van der Waals surface area contributed by atoms with Gasteiger partial charge in [0.2, 0.25) is 0 Å². The molecule has 0 radical (unpaired) electrons. The van der Waals surface area contributed by atoms with Crippen molar-refractivity contribution in [2.45, 2.75) is 50.4 Å². The van der Waals surface area contributed by atoms with Crippen molar-refractivity contribution < 1.29 is 4.74 Å². The van der Waals surface area contributed by atoms with Crippen LogP contribution in [-0.4, -0.2) is 23.2 Å². The zero-order valence-corrected chi connectivity index (χ0v) is 10.7. The minimum absolute atomic E-state index is 0.00697. The average molecular weight is 248 g/mol. The molecule has 0 aromatic carbocycles. The van der Waals surface area contributed by atoms with E-state index in [0.717, 1.165) is 31.0 Å². The Kier molecular flexibility index (Phi) is 3.46. The highest BCUT2D eigenvalue weighted by Gasteiger charge is 2.23. The van der Waals surface area contributed by atoms with Gasteiger partial charge in [-0.3, -0.25) is 4.79 Å². The quantitative estimate of drug-likeness (QED) is 0.874. The molecule has 98 valence electrons. The molecule has 1 N–H and O–H groups in total. The van der Waals surface area contributed by atoms with Crippen LogP contribution in [0.2, 0.25) is 0 Å². The van der Waals surface area contributed by atoms with Gasteiger partial charge >= 0.3 is 0 Å². The smallest absolute Gasteiger partial charge is 0.251 e. The van der Waals surface area contributed by atoms with Gasteiger partial charge < -0.3 is 9.72 Å². The molecule has 1 saturated heterocycles. The van der Waals surface area contributed by atoms with Crippen LogP contribution in [0, 0.1) is 0 Å². The maximum absolute atomic E-state index is 11.8. The maximum atomic E-state index is 11.8. The van der Waals surface area contributed by atoms with Crippen molar-refractivity contribution in [1.29, 1.82) is 0 Å². The standard InChI is InChI=1S/C14H20N2O2/c17-13-8-12(10-4-1-2-5-10)15-14(16-13)11-6-3-7-18-9-11/h8,10-11H,1-7,9H2,(H,15,16,17). The van der Waals surface area contributed by atoms with Gasteiger partial charge in [-0.15, -0.1) is 0 Å². The lowest BCUT2D eigenvalue weighted by atomic mass is 10.00. The average Bonchev–Trinajstić information content (AvgIpc) is 2.93. The van der Waals surface area contributed by atoms with E-state index in [1.54, 1.807) is 6.07 Å². The SMILES string of the molecule is O=c1cc(C2CCCC2)nc(C2CCCOC2)[nH]1. The van der Waals surface area contributed by atoms with Crippen molar-refractivity contribution in [3.8, 4) is 0 Å². The second-order valence-electron chi connectivity index (χ2n) is 5.45. The summed E-state index contributed by atoms with van der Waals surface area (Å²) in [4.78, 5) is 19.4. The lowest BCUT2D eigenvalue weighted by molar-refractivity contribution is 0.0779. The number of nitrogens with one attached hydrogen (secondary N) is 1. The molecule has 1 aromatic rings. The van der Waals surface area contributed by atoms with E-state index in [9.17, 15) is 4.79 Å². The molecule has 4 heteroatoms. The molecule has 0 spiro atoms. The predicted molar refractivity (Wildman–Crippen MR) is 68.9 cm³/mol. The Hall–Kier alpha value is -1.16. The Morgan fingerprint density at radius 3 is 2.67 bits per heavy atom. The molecule has 18 heavy (non-hydrogen) atoms. The largest absolute Gasteiger partial charge is 0.381 e. The topological polar surface area (TPSA) is 55.0 Å². The second-order valence-corrected chi connectivity index (χ2v) is 5.45. The molecule has 4 nitrogen and oxygen atoms in total. The van der Waals surface area contributed by atoms with Crippen LogP contribution in [0.3, 0.4) is 0 Å². The summed E-state index contributed by atoms with van der Waals surface area (Å²) in [5.74, 6) is 1.60. The molecule has 0 amide bonds. The third-order valence-corrected chi connectivity index (χ3v) is 4.10. The second kappa shape index (κ2) is 5.22. The summed E-state index contributed by atoms with van der Waals surface area (Å²) < 4.78 is 5.48. The predicted octanol–water partition coefficient (Wildman–Crippen LogP) is 2.32. The zero-order valence-electron chi connectivity index (χ0n) is 10.7. The molecule has 2 heterocycles. The van der Waals surface area contributed by atoms with E-state index in [-0.39, 0.29) is 11.5 Å². The van der Waals surface area contributed by atoms with Crippen LogP contribution in [0.25, 0.3) is 0 Å². The number of aromatic amines is 1. The van der Waals surface area contributed by atoms with Gasteiger partial charge in [0.25, 0.3) is 5.56 Å². The molecule has 2 fully saturated rings. The van der Waals surface area contributed by atoms with E-state index in [1.165, 1.54) is 25.7 Å². The van der Waals surface area contributed by atoms with Gasteiger partial charge in [0.05, 0.1) is 12.3 Å². The van der Waals surface area contributed by atoms with Gasteiger partial charge in [-0.05, 0) is 25.7 Å². The fraction of sp³-hybridized carbons (Fsp3) is 0.714. The molecule has 1 aromatic heterocycles. The first-order valence-electron chi connectivity index (χ1n) is 7.02. The Bertz CT molecular complexity index is 457. The Morgan fingerprint density at radius 2 is 1.94 bits per heavy atom. The highest BCUT2D eigenvalue weighted by Crippen LogP contribution is 2.33. The Labute approximate surface area is 107 Å². The van der Waals surface area contributed by atoms with Crippen LogP contribution in [0.15, 0.2) is 10.9 Å². The number of ether oxygens (including phenoxy) is 1. The van der Waals surface area contributed by atoms with E-state index in [1.807, 2.05) is 0 Å². The Morgan fingerprint density at radius 1 is 1.17 bits per heavy atom. The van der Waals surface area contributed by atoms with Crippen LogP contribution in [0.5, 0.6) is 0 Å². The van der Waals surface area contributed by atoms with Gasteiger partial charge in [0.15, 0.2) is 0 Å². The summed E-state index contributed by atoms with van der Waals surface area (Å²) in [6.45, 7) is 1.53. The van der Waals surface area contributed by atoms with E-state index >= 15 is 0 Å². The summed E-state index contributed by atoms with van der Waals surface area (Å²) in [6, 6.07) is 1.68. The molecule has 1 aliphatic heterocycles. The summed E-state index contributed by atoms with van der Waals surface area (Å²) >= 11 is 0. The van der Waals surface area contributed by atoms with Gasteiger partial charge in [-0.1, -0.05) is 12.8 Å². The molecule has 1 unspecified atom stereocenters.